The lowest BCUT2D eigenvalue weighted by Crippen LogP contribution is -2.37. The minimum absolute atomic E-state index is 0.0621. The Morgan fingerprint density at radius 3 is 2.73 bits per heavy atom. The largest absolute Gasteiger partial charge is 0.454 e. The van der Waals surface area contributed by atoms with Gasteiger partial charge in [0, 0.05) is 6.54 Å². The molecule has 138 valence electrons. The highest BCUT2D eigenvalue weighted by Crippen LogP contribution is 2.27. The van der Waals surface area contributed by atoms with E-state index in [1.165, 1.54) is 6.07 Å². The minimum atomic E-state index is -0.489. The number of hydrogen-bond acceptors (Lipinski definition) is 4. The van der Waals surface area contributed by atoms with E-state index < -0.39 is 11.9 Å². The Morgan fingerprint density at radius 2 is 2.08 bits per heavy atom. The highest BCUT2D eigenvalue weighted by Gasteiger charge is 2.30. The van der Waals surface area contributed by atoms with E-state index in [-0.39, 0.29) is 23.8 Å². The van der Waals surface area contributed by atoms with Crippen molar-refractivity contribution >= 4 is 5.91 Å². The maximum atomic E-state index is 14.4. The number of para-hydroxylation sites is 1. The van der Waals surface area contributed by atoms with Crippen LogP contribution in [0.15, 0.2) is 48.5 Å². The van der Waals surface area contributed by atoms with Crippen molar-refractivity contribution in [3.63, 3.8) is 0 Å². The van der Waals surface area contributed by atoms with Gasteiger partial charge in [-0.1, -0.05) is 24.3 Å². The van der Waals surface area contributed by atoms with Gasteiger partial charge in [-0.15, -0.1) is 0 Å². The van der Waals surface area contributed by atoms with Crippen molar-refractivity contribution in [2.24, 2.45) is 5.73 Å². The molecule has 3 N–H and O–H groups in total. The summed E-state index contributed by atoms with van der Waals surface area (Å²) in [6, 6.07) is 13.4. The van der Waals surface area contributed by atoms with Gasteiger partial charge in [0.15, 0.2) is 11.6 Å². The highest BCUT2D eigenvalue weighted by molar-refractivity contribution is 5.81. The average molecular weight is 358 g/mol. The topological polar surface area (TPSA) is 73.6 Å². The number of halogens is 1. The van der Waals surface area contributed by atoms with E-state index in [4.69, 9.17) is 15.2 Å². The first-order valence-electron chi connectivity index (χ1n) is 8.75. The molecule has 1 unspecified atom stereocenters. The van der Waals surface area contributed by atoms with Gasteiger partial charge in [-0.05, 0) is 49.6 Å². The molecular formula is C20H23FN2O3. The molecule has 0 aliphatic carbocycles. The highest BCUT2D eigenvalue weighted by atomic mass is 19.1. The second-order valence-electron chi connectivity index (χ2n) is 6.40. The normalized spacial score (nSPS) is 20.6. The Morgan fingerprint density at radius 1 is 1.31 bits per heavy atom. The zero-order valence-corrected chi connectivity index (χ0v) is 14.7. The number of carbonyl (C=O) groups excluding carboxylic acids is 1. The van der Waals surface area contributed by atoms with Crippen LogP contribution in [-0.4, -0.2) is 24.7 Å². The van der Waals surface area contributed by atoms with Gasteiger partial charge in [0.05, 0.1) is 12.1 Å². The van der Waals surface area contributed by atoms with E-state index in [2.05, 4.69) is 5.32 Å². The summed E-state index contributed by atoms with van der Waals surface area (Å²) in [5.74, 6) is 0.0305. The first-order valence-corrected chi connectivity index (χ1v) is 8.75. The second-order valence-corrected chi connectivity index (χ2v) is 6.40. The number of amides is 1. The van der Waals surface area contributed by atoms with Crippen LogP contribution in [0.4, 0.5) is 4.39 Å². The lowest BCUT2D eigenvalue weighted by molar-refractivity contribution is -0.132. The van der Waals surface area contributed by atoms with Crippen molar-refractivity contribution in [1.29, 1.82) is 0 Å². The number of rotatable bonds is 6. The fourth-order valence-corrected chi connectivity index (χ4v) is 2.95. The predicted octanol–water partition coefficient (Wildman–Crippen LogP) is 3.30. The molecule has 1 amide bonds. The van der Waals surface area contributed by atoms with Crippen molar-refractivity contribution in [3.05, 3.63) is 59.9 Å². The molecular weight excluding hydrogens is 335 g/mol. The number of hydrogen-bond donors (Lipinski definition) is 2. The Kier molecular flexibility index (Phi) is 5.85. The molecule has 0 radical (unpaired) electrons. The smallest absolute Gasteiger partial charge is 0.249 e. The monoisotopic (exact) mass is 358 g/mol. The van der Waals surface area contributed by atoms with Crippen LogP contribution in [0.5, 0.6) is 11.5 Å². The van der Waals surface area contributed by atoms with Crippen LogP contribution in [0.25, 0.3) is 0 Å². The quantitative estimate of drug-likeness (QED) is 0.831. The first kappa shape index (κ1) is 18.4. The van der Waals surface area contributed by atoms with Gasteiger partial charge in [-0.2, -0.15) is 0 Å². The van der Waals surface area contributed by atoms with Crippen LogP contribution in [-0.2, 0) is 9.53 Å². The van der Waals surface area contributed by atoms with Gasteiger partial charge >= 0.3 is 0 Å². The second kappa shape index (κ2) is 8.29. The number of nitrogens with one attached hydrogen (secondary N) is 1. The van der Waals surface area contributed by atoms with Crippen molar-refractivity contribution < 1.29 is 18.7 Å². The SMILES string of the molecule is CC(NC(=O)[C@@H]1CC[C@H](CN)O1)c1ccc(Oc2ccccc2)c(F)c1. The van der Waals surface area contributed by atoms with E-state index in [0.29, 0.717) is 24.3 Å². The lowest BCUT2D eigenvalue weighted by Gasteiger charge is -2.18. The molecule has 6 heteroatoms. The standard InChI is InChI=1S/C20H23FN2O3/c1-13(23-20(24)19-10-8-16(12-22)26-19)14-7-9-18(17(21)11-14)25-15-5-3-2-4-6-15/h2-7,9,11,13,16,19H,8,10,12,22H2,1H3,(H,23,24)/t13?,16-,19+/m1/s1. The van der Waals surface area contributed by atoms with Gasteiger partial charge in [0.2, 0.25) is 5.91 Å². The summed E-state index contributed by atoms with van der Waals surface area (Å²) >= 11 is 0. The molecule has 0 spiro atoms. The molecule has 0 saturated carbocycles. The molecule has 1 aliphatic rings. The summed E-state index contributed by atoms with van der Waals surface area (Å²) in [5.41, 5.74) is 6.22. The van der Waals surface area contributed by atoms with Gasteiger partial charge in [-0.3, -0.25) is 4.79 Å². The zero-order valence-electron chi connectivity index (χ0n) is 14.7. The Bertz CT molecular complexity index is 754. The van der Waals surface area contributed by atoms with E-state index in [1.54, 1.807) is 31.2 Å². The summed E-state index contributed by atoms with van der Waals surface area (Å²) in [4.78, 5) is 12.3. The minimum Gasteiger partial charge on any atom is -0.454 e. The number of ether oxygens (including phenoxy) is 2. The number of benzene rings is 2. The zero-order chi connectivity index (χ0) is 18.5. The molecule has 3 atom stereocenters. The Hall–Kier alpha value is -2.44. The fraction of sp³-hybridized carbons (Fsp3) is 0.350. The predicted molar refractivity (Wildman–Crippen MR) is 96.4 cm³/mol. The van der Waals surface area contributed by atoms with E-state index >= 15 is 0 Å². The fourth-order valence-electron chi connectivity index (χ4n) is 2.95. The summed E-state index contributed by atoms with van der Waals surface area (Å²) in [6.45, 7) is 2.22. The van der Waals surface area contributed by atoms with Crippen molar-refractivity contribution in [2.45, 2.75) is 38.0 Å². The molecule has 1 saturated heterocycles. The van der Waals surface area contributed by atoms with E-state index in [0.717, 1.165) is 6.42 Å². The number of nitrogens with two attached hydrogens (primary N) is 1. The van der Waals surface area contributed by atoms with Gasteiger partial charge in [0.25, 0.3) is 0 Å². The van der Waals surface area contributed by atoms with Gasteiger partial charge < -0.3 is 20.5 Å². The first-order chi connectivity index (χ1) is 12.6. The molecule has 0 aromatic heterocycles. The molecule has 26 heavy (non-hydrogen) atoms. The molecule has 1 fully saturated rings. The Balaban J connectivity index is 1.62. The number of carbonyl (C=O) groups is 1. The molecule has 0 bridgehead atoms. The van der Waals surface area contributed by atoms with E-state index in [1.807, 2.05) is 18.2 Å². The Labute approximate surface area is 152 Å². The maximum absolute atomic E-state index is 14.4. The van der Waals surface area contributed by atoms with Crippen LogP contribution in [0, 0.1) is 5.82 Å². The van der Waals surface area contributed by atoms with Crippen molar-refractivity contribution in [1.82, 2.24) is 5.32 Å². The average Bonchev–Trinajstić information content (AvgIpc) is 3.13. The summed E-state index contributed by atoms with van der Waals surface area (Å²) in [5, 5.41) is 2.87. The van der Waals surface area contributed by atoms with Crippen LogP contribution >= 0.6 is 0 Å². The van der Waals surface area contributed by atoms with Crippen LogP contribution in [0.3, 0.4) is 0 Å². The molecule has 5 nitrogen and oxygen atoms in total. The third-order valence-corrected chi connectivity index (χ3v) is 4.45. The van der Waals surface area contributed by atoms with Crippen LogP contribution in [0.1, 0.15) is 31.4 Å². The molecule has 3 rings (SSSR count). The molecule has 1 aliphatic heterocycles. The summed E-state index contributed by atoms with van der Waals surface area (Å²) in [6.07, 6.45) is 0.881. The molecule has 1 heterocycles. The third kappa shape index (κ3) is 4.39. The van der Waals surface area contributed by atoms with Crippen molar-refractivity contribution in [2.75, 3.05) is 6.54 Å². The summed E-state index contributed by atoms with van der Waals surface area (Å²) in [7, 11) is 0. The van der Waals surface area contributed by atoms with Crippen LogP contribution < -0.4 is 15.8 Å². The van der Waals surface area contributed by atoms with Crippen LogP contribution in [0.2, 0.25) is 0 Å². The lowest BCUT2D eigenvalue weighted by atomic mass is 10.1. The third-order valence-electron chi connectivity index (χ3n) is 4.45. The molecule has 2 aromatic carbocycles. The summed E-state index contributed by atoms with van der Waals surface area (Å²) < 4.78 is 25.5. The van der Waals surface area contributed by atoms with Crippen molar-refractivity contribution in [3.8, 4) is 11.5 Å². The molecule has 2 aromatic rings. The maximum Gasteiger partial charge on any atom is 0.249 e. The van der Waals surface area contributed by atoms with E-state index in [9.17, 15) is 9.18 Å². The van der Waals surface area contributed by atoms with Gasteiger partial charge in [0.1, 0.15) is 11.9 Å². The van der Waals surface area contributed by atoms with Gasteiger partial charge in [-0.25, -0.2) is 4.39 Å².